The minimum Gasteiger partial charge on any atom is -0.435 e. The summed E-state index contributed by atoms with van der Waals surface area (Å²) in [5, 5.41) is 2.82. The fourth-order valence-electron chi connectivity index (χ4n) is 2.36. The van der Waals surface area contributed by atoms with E-state index in [0.717, 1.165) is 31.5 Å². The van der Waals surface area contributed by atoms with Crippen molar-refractivity contribution in [3.63, 3.8) is 0 Å². The van der Waals surface area contributed by atoms with Crippen LogP contribution in [0.2, 0.25) is 0 Å². The monoisotopic (exact) mass is 349 g/mol. The Morgan fingerprint density at radius 2 is 1.91 bits per heavy atom. The van der Waals surface area contributed by atoms with Gasteiger partial charge in [0.1, 0.15) is 5.75 Å². The quantitative estimate of drug-likeness (QED) is 0.821. The summed E-state index contributed by atoms with van der Waals surface area (Å²) in [6, 6.07) is 6.46. The SMILES string of the molecule is Cl.NC1CCN(CC(=O)NCc2ccc(OC(F)F)cc2)CC1. The Bertz CT molecular complexity index is 480. The number of alkyl halides is 2. The zero-order chi connectivity index (χ0) is 15.9. The third-order valence-electron chi connectivity index (χ3n) is 3.64. The lowest BCUT2D eigenvalue weighted by molar-refractivity contribution is -0.122. The van der Waals surface area contributed by atoms with E-state index in [-0.39, 0.29) is 30.1 Å². The number of rotatable bonds is 6. The molecular weight excluding hydrogens is 328 g/mol. The summed E-state index contributed by atoms with van der Waals surface area (Å²) in [4.78, 5) is 14.0. The van der Waals surface area contributed by atoms with Gasteiger partial charge in [-0.2, -0.15) is 8.78 Å². The molecule has 0 atom stereocenters. The van der Waals surface area contributed by atoms with Crippen molar-refractivity contribution >= 4 is 18.3 Å². The number of carbonyl (C=O) groups excluding carboxylic acids is 1. The molecule has 0 aliphatic carbocycles. The van der Waals surface area contributed by atoms with E-state index in [0.29, 0.717) is 13.1 Å². The first-order chi connectivity index (χ1) is 10.5. The molecule has 0 unspecified atom stereocenters. The van der Waals surface area contributed by atoms with Crippen molar-refractivity contribution in [2.75, 3.05) is 19.6 Å². The van der Waals surface area contributed by atoms with Gasteiger partial charge >= 0.3 is 6.61 Å². The topological polar surface area (TPSA) is 67.6 Å². The summed E-state index contributed by atoms with van der Waals surface area (Å²) in [6.07, 6.45) is 1.83. The smallest absolute Gasteiger partial charge is 0.387 e. The van der Waals surface area contributed by atoms with Gasteiger partial charge < -0.3 is 15.8 Å². The van der Waals surface area contributed by atoms with Crippen LogP contribution in [0.1, 0.15) is 18.4 Å². The van der Waals surface area contributed by atoms with Crippen LogP contribution in [0.15, 0.2) is 24.3 Å². The molecule has 0 bridgehead atoms. The minimum absolute atomic E-state index is 0. The molecule has 1 saturated heterocycles. The highest BCUT2D eigenvalue weighted by atomic mass is 35.5. The van der Waals surface area contributed by atoms with Crippen molar-refractivity contribution in [2.24, 2.45) is 5.73 Å². The number of likely N-dealkylation sites (tertiary alicyclic amines) is 1. The van der Waals surface area contributed by atoms with Gasteiger partial charge in [0.05, 0.1) is 6.54 Å². The molecule has 1 heterocycles. The van der Waals surface area contributed by atoms with E-state index in [2.05, 4.69) is 15.0 Å². The molecule has 0 radical (unpaired) electrons. The number of ether oxygens (including phenoxy) is 1. The number of carbonyl (C=O) groups is 1. The van der Waals surface area contributed by atoms with Crippen LogP contribution in [0.25, 0.3) is 0 Å². The Kier molecular flexibility index (Phi) is 8.22. The maximum atomic E-state index is 12.0. The molecule has 8 heteroatoms. The third kappa shape index (κ3) is 7.11. The predicted molar refractivity (Wildman–Crippen MR) is 85.8 cm³/mol. The molecule has 0 saturated carbocycles. The van der Waals surface area contributed by atoms with Crippen molar-refractivity contribution < 1.29 is 18.3 Å². The summed E-state index contributed by atoms with van der Waals surface area (Å²) < 4.78 is 28.3. The van der Waals surface area contributed by atoms with Crippen LogP contribution >= 0.6 is 12.4 Å². The molecule has 1 aromatic carbocycles. The van der Waals surface area contributed by atoms with Gasteiger partial charge in [-0.15, -0.1) is 12.4 Å². The van der Waals surface area contributed by atoms with Gasteiger partial charge in [-0.25, -0.2) is 0 Å². The molecule has 3 N–H and O–H groups in total. The third-order valence-corrected chi connectivity index (χ3v) is 3.64. The Morgan fingerprint density at radius 3 is 2.48 bits per heavy atom. The van der Waals surface area contributed by atoms with E-state index in [1.165, 1.54) is 12.1 Å². The number of benzene rings is 1. The van der Waals surface area contributed by atoms with Crippen LogP contribution in [-0.2, 0) is 11.3 Å². The lowest BCUT2D eigenvalue weighted by Crippen LogP contribution is -2.44. The summed E-state index contributed by atoms with van der Waals surface area (Å²) >= 11 is 0. The minimum atomic E-state index is -2.83. The number of piperidine rings is 1. The van der Waals surface area contributed by atoms with Gasteiger partial charge in [-0.1, -0.05) is 12.1 Å². The highest BCUT2D eigenvalue weighted by molar-refractivity contribution is 5.85. The van der Waals surface area contributed by atoms with Gasteiger partial charge in [-0.3, -0.25) is 9.69 Å². The Labute approximate surface area is 140 Å². The van der Waals surface area contributed by atoms with Crippen molar-refractivity contribution in [1.82, 2.24) is 10.2 Å². The van der Waals surface area contributed by atoms with E-state index < -0.39 is 6.61 Å². The molecule has 1 aliphatic heterocycles. The number of nitrogens with one attached hydrogen (secondary N) is 1. The molecular formula is C15H22ClF2N3O2. The maximum Gasteiger partial charge on any atom is 0.387 e. The molecule has 2 rings (SSSR count). The van der Waals surface area contributed by atoms with Crippen LogP contribution in [0.4, 0.5) is 8.78 Å². The van der Waals surface area contributed by atoms with E-state index in [4.69, 9.17) is 5.73 Å². The summed E-state index contributed by atoms with van der Waals surface area (Å²) in [5.74, 6) is 0.0538. The molecule has 1 aromatic rings. The molecule has 5 nitrogen and oxygen atoms in total. The first-order valence-electron chi connectivity index (χ1n) is 7.31. The van der Waals surface area contributed by atoms with Crippen molar-refractivity contribution in [1.29, 1.82) is 0 Å². The predicted octanol–water partition coefficient (Wildman–Crippen LogP) is 1.75. The molecule has 0 spiro atoms. The van der Waals surface area contributed by atoms with Crippen LogP contribution in [0.5, 0.6) is 5.75 Å². The molecule has 0 aromatic heterocycles. The fraction of sp³-hybridized carbons (Fsp3) is 0.533. The number of nitrogens with two attached hydrogens (primary N) is 1. The second-order valence-corrected chi connectivity index (χ2v) is 5.41. The Hall–Kier alpha value is -1.44. The first kappa shape index (κ1) is 19.6. The zero-order valence-corrected chi connectivity index (χ0v) is 13.5. The molecule has 1 fully saturated rings. The normalized spacial score (nSPS) is 16.0. The lowest BCUT2D eigenvalue weighted by atomic mass is 10.1. The number of nitrogens with zero attached hydrogens (tertiary/aromatic N) is 1. The van der Waals surface area contributed by atoms with E-state index in [1.807, 2.05) is 0 Å². The fourth-order valence-corrected chi connectivity index (χ4v) is 2.36. The Balaban J connectivity index is 0.00000264. The van der Waals surface area contributed by atoms with E-state index in [9.17, 15) is 13.6 Å². The standard InChI is InChI=1S/C15H21F2N3O2.ClH/c16-15(17)22-13-3-1-11(2-4-13)9-19-14(21)10-20-7-5-12(18)6-8-20;/h1-4,12,15H,5-10,18H2,(H,19,21);1H. The van der Waals surface area contributed by atoms with Crippen LogP contribution in [-0.4, -0.2) is 43.1 Å². The van der Waals surface area contributed by atoms with E-state index >= 15 is 0 Å². The second-order valence-electron chi connectivity index (χ2n) is 5.41. The largest absolute Gasteiger partial charge is 0.435 e. The average Bonchev–Trinajstić information content (AvgIpc) is 2.48. The zero-order valence-electron chi connectivity index (χ0n) is 12.7. The lowest BCUT2D eigenvalue weighted by Gasteiger charge is -2.29. The van der Waals surface area contributed by atoms with Crippen LogP contribution < -0.4 is 15.8 Å². The number of hydrogen-bond acceptors (Lipinski definition) is 4. The van der Waals surface area contributed by atoms with Gasteiger partial charge in [-0.05, 0) is 30.5 Å². The van der Waals surface area contributed by atoms with Gasteiger partial charge in [0.25, 0.3) is 0 Å². The second kappa shape index (κ2) is 9.64. The molecule has 23 heavy (non-hydrogen) atoms. The summed E-state index contributed by atoms with van der Waals surface area (Å²) in [6.45, 7) is -0.425. The molecule has 1 aliphatic rings. The van der Waals surface area contributed by atoms with Gasteiger partial charge in [0, 0.05) is 25.7 Å². The maximum absolute atomic E-state index is 12.0. The summed E-state index contributed by atoms with van der Waals surface area (Å²) in [5.41, 5.74) is 6.65. The number of halogens is 3. The molecule has 130 valence electrons. The van der Waals surface area contributed by atoms with Gasteiger partial charge in [0.15, 0.2) is 0 Å². The number of hydrogen-bond donors (Lipinski definition) is 2. The van der Waals surface area contributed by atoms with Gasteiger partial charge in [0.2, 0.25) is 5.91 Å². The van der Waals surface area contributed by atoms with Crippen molar-refractivity contribution in [3.8, 4) is 5.75 Å². The van der Waals surface area contributed by atoms with E-state index in [1.54, 1.807) is 12.1 Å². The summed E-state index contributed by atoms with van der Waals surface area (Å²) in [7, 11) is 0. The molecule has 1 amide bonds. The first-order valence-corrected chi connectivity index (χ1v) is 7.31. The highest BCUT2D eigenvalue weighted by Gasteiger charge is 2.17. The van der Waals surface area contributed by atoms with Crippen molar-refractivity contribution in [3.05, 3.63) is 29.8 Å². The Morgan fingerprint density at radius 1 is 1.30 bits per heavy atom. The van der Waals surface area contributed by atoms with Crippen LogP contribution in [0, 0.1) is 0 Å². The van der Waals surface area contributed by atoms with Crippen LogP contribution in [0.3, 0.4) is 0 Å². The highest BCUT2D eigenvalue weighted by Crippen LogP contribution is 2.14. The average molecular weight is 350 g/mol. The van der Waals surface area contributed by atoms with Crippen molar-refractivity contribution in [2.45, 2.75) is 32.0 Å². The number of amides is 1.